The van der Waals surface area contributed by atoms with Gasteiger partial charge < -0.3 is 14.4 Å². The Labute approximate surface area is 83.7 Å². The average Bonchev–Trinajstić information content (AvgIpc) is 2.14. The lowest BCUT2D eigenvalue weighted by Crippen LogP contribution is -2.36. The zero-order valence-electron chi connectivity index (χ0n) is 8.25. The number of ether oxygens (including phenoxy) is 2. The summed E-state index contributed by atoms with van der Waals surface area (Å²) in [6, 6.07) is 0. The summed E-state index contributed by atoms with van der Waals surface area (Å²) in [5.41, 5.74) is 0. The second kappa shape index (κ2) is 7.12. The van der Waals surface area contributed by atoms with Crippen molar-refractivity contribution in [3.05, 3.63) is 0 Å². The molecule has 0 radical (unpaired) electrons. The quantitative estimate of drug-likeness (QED) is 0.477. The Morgan fingerprint density at radius 2 is 2.00 bits per heavy atom. The van der Waals surface area contributed by atoms with Gasteiger partial charge in [-0.25, -0.2) is 0 Å². The van der Waals surface area contributed by atoms with Crippen LogP contribution in [0.25, 0.3) is 0 Å². The number of nitrogens with zero attached hydrogens (tertiary/aromatic N) is 1. The largest absolute Gasteiger partial charge is 0.354 e. The topological polar surface area (TPSA) is 38.8 Å². The first-order chi connectivity index (χ1) is 6.15. The van der Waals surface area contributed by atoms with Gasteiger partial charge in [0.15, 0.2) is 6.29 Å². The zero-order chi connectivity index (χ0) is 10.3. The van der Waals surface area contributed by atoms with Crippen LogP contribution in [0.2, 0.25) is 0 Å². The summed E-state index contributed by atoms with van der Waals surface area (Å²) < 4.78 is 9.90. The van der Waals surface area contributed by atoms with Crippen molar-refractivity contribution in [1.29, 1.82) is 0 Å². The van der Waals surface area contributed by atoms with Crippen molar-refractivity contribution >= 4 is 17.5 Å². The lowest BCUT2D eigenvalue weighted by atomic mass is 10.4. The predicted molar refractivity (Wildman–Crippen MR) is 50.8 cm³/mol. The number of likely N-dealkylation sites (N-methyl/N-ethyl adjacent to an activating group) is 1. The van der Waals surface area contributed by atoms with Gasteiger partial charge in [0.2, 0.25) is 5.91 Å². The van der Waals surface area contributed by atoms with Crippen molar-refractivity contribution in [1.82, 2.24) is 4.90 Å². The van der Waals surface area contributed by atoms with E-state index in [1.807, 2.05) is 0 Å². The van der Waals surface area contributed by atoms with Gasteiger partial charge >= 0.3 is 0 Å². The zero-order valence-corrected chi connectivity index (χ0v) is 9.00. The molecule has 1 amide bonds. The number of carbonyl (C=O) groups excluding carboxylic acids is 1. The summed E-state index contributed by atoms with van der Waals surface area (Å²) in [7, 11) is 4.77. The summed E-state index contributed by atoms with van der Waals surface area (Å²) in [6.45, 7) is 0.419. The molecular weight excluding hydrogens is 194 g/mol. The second-order valence-corrected chi connectivity index (χ2v) is 2.99. The average molecular weight is 210 g/mol. The second-order valence-electron chi connectivity index (χ2n) is 2.61. The van der Waals surface area contributed by atoms with E-state index >= 15 is 0 Å². The fraction of sp³-hybridized carbons (Fsp3) is 0.875. The van der Waals surface area contributed by atoms with Crippen LogP contribution in [0, 0.1) is 0 Å². The van der Waals surface area contributed by atoms with Gasteiger partial charge in [0.1, 0.15) is 0 Å². The molecule has 0 unspecified atom stereocenters. The molecule has 0 atom stereocenters. The van der Waals surface area contributed by atoms with E-state index in [9.17, 15) is 4.79 Å². The van der Waals surface area contributed by atoms with Gasteiger partial charge in [0, 0.05) is 33.6 Å². The molecule has 5 heteroatoms. The molecule has 0 aliphatic heterocycles. The normalized spacial score (nSPS) is 10.5. The third-order valence-corrected chi connectivity index (χ3v) is 1.87. The van der Waals surface area contributed by atoms with E-state index in [4.69, 9.17) is 21.1 Å². The maximum Gasteiger partial charge on any atom is 0.223 e. The first-order valence-electron chi connectivity index (χ1n) is 4.01. The van der Waals surface area contributed by atoms with Crippen LogP contribution in [-0.2, 0) is 14.3 Å². The van der Waals surface area contributed by atoms with Crippen molar-refractivity contribution in [3.63, 3.8) is 0 Å². The highest BCUT2D eigenvalue weighted by Crippen LogP contribution is 1.98. The molecule has 0 aromatic heterocycles. The molecule has 0 N–H and O–H groups in total. The molecule has 0 aromatic rings. The van der Waals surface area contributed by atoms with Crippen molar-refractivity contribution in [2.45, 2.75) is 12.7 Å². The molecule has 0 saturated carbocycles. The first-order valence-corrected chi connectivity index (χ1v) is 4.54. The Balaban J connectivity index is 3.82. The Morgan fingerprint density at radius 1 is 1.46 bits per heavy atom. The number of methoxy groups -OCH3 is 2. The molecule has 0 aliphatic rings. The summed E-state index contributed by atoms with van der Waals surface area (Å²) in [6.07, 6.45) is -0.0256. The van der Waals surface area contributed by atoms with Crippen molar-refractivity contribution in [3.8, 4) is 0 Å². The number of alkyl halides is 1. The Bertz CT molecular complexity index is 150. The van der Waals surface area contributed by atoms with Gasteiger partial charge in [-0.15, -0.1) is 11.6 Å². The van der Waals surface area contributed by atoms with E-state index < -0.39 is 0 Å². The van der Waals surface area contributed by atoms with E-state index in [-0.39, 0.29) is 12.2 Å². The summed E-state index contributed by atoms with van der Waals surface area (Å²) in [5.74, 6) is 0.336. The molecule has 13 heavy (non-hydrogen) atoms. The molecule has 0 aliphatic carbocycles. The van der Waals surface area contributed by atoms with Crippen LogP contribution in [0.3, 0.4) is 0 Å². The standard InChI is InChI=1S/C8H16ClNO3/c1-10(7(11)4-5-9)6-8(12-2)13-3/h8H,4-6H2,1-3H3. The van der Waals surface area contributed by atoms with Crippen LogP contribution in [0.1, 0.15) is 6.42 Å². The monoisotopic (exact) mass is 209 g/mol. The predicted octanol–water partition coefficient (Wildman–Crippen LogP) is 0.693. The maximum absolute atomic E-state index is 11.2. The van der Waals surface area contributed by atoms with E-state index in [2.05, 4.69) is 0 Å². The van der Waals surface area contributed by atoms with Gasteiger partial charge in [-0.05, 0) is 0 Å². The minimum absolute atomic E-state index is 0.00546. The Morgan fingerprint density at radius 3 is 2.38 bits per heavy atom. The number of hydrogen-bond donors (Lipinski definition) is 0. The van der Waals surface area contributed by atoms with Crippen LogP contribution in [0.5, 0.6) is 0 Å². The molecule has 0 aromatic carbocycles. The SMILES string of the molecule is COC(CN(C)C(=O)CCCl)OC. The van der Waals surface area contributed by atoms with Gasteiger partial charge in [-0.1, -0.05) is 0 Å². The molecule has 0 bridgehead atoms. The van der Waals surface area contributed by atoms with Crippen molar-refractivity contribution in [2.75, 3.05) is 33.7 Å². The molecular formula is C8H16ClNO3. The van der Waals surface area contributed by atoms with E-state index in [1.54, 1.807) is 11.9 Å². The van der Waals surface area contributed by atoms with Crippen LogP contribution >= 0.6 is 11.6 Å². The van der Waals surface area contributed by atoms with Gasteiger partial charge in [-0.3, -0.25) is 4.79 Å². The maximum atomic E-state index is 11.2. The van der Waals surface area contributed by atoms with Crippen molar-refractivity contribution in [2.24, 2.45) is 0 Å². The fourth-order valence-corrected chi connectivity index (χ4v) is 1.00. The molecule has 78 valence electrons. The highest BCUT2D eigenvalue weighted by Gasteiger charge is 2.13. The third-order valence-electron chi connectivity index (χ3n) is 1.68. The first kappa shape index (κ1) is 12.7. The van der Waals surface area contributed by atoms with Crippen LogP contribution < -0.4 is 0 Å². The number of hydrogen-bond acceptors (Lipinski definition) is 3. The van der Waals surface area contributed by atoms with Gasteiger partial charge in [0.05, 0.1) is 6.54 Å². The fourth-order valence-electron chi connectivity index (χ4n) is 0.842. The number of amides is 1. The van der Waals surface area contributed by atoms with E-state index in [1.165, 1.54) is 14.2 Å². The molecule has 0 fully saturated rings. The highest BCUT2D eigenvalue weighted by atomic mass is 35.5. The molecule has 0 saturated heterocycles. The van der Waals surface area contributed by atoms with Crippen molar-refractivity contribution < 1.29 is 14.3 Å². The summed E-state index contributed by atoms with van der Waals surface area (Å²) in [5, 5.41) is 0. The summed E-state index contributed by atoms with van der Waals surface area (Å²) in [4.78, 5) is 12.8. The van der Waals surface area contributed by atoms with Gasteiger partial charge in [0.25, 0.3) is 0 Å². The minimum atomic E-state index is -0.371. The highest BCUT2D eigenvalue weighted by molar-refractivity contribution is 6.18. The molecule has 4 nitrogen and oxygen atoms in total. The van der Waals surface area contributed by atoms with Gasteiger partial charge in [-0.2, -0.15) is 0 Å². The van der Waals surface area contributed by atoms with E-state index in [0.29, 0.717) is 18.8 Å². The van der Waals surface area contributed by atoms with Crippen LogP contribution in [-0.4, -0.2) is 50.8 Å². The number of rotatable bonds is 6. The molecule has 0 rings (SSSR count). The number of halogens is 1. The van der Waals surface area contributed by atoms with E-state index in [0.717, 1.165) is 0 Å². The van der Waals surface area contributed by atoms with Crippen LogP contribution in [0.4, 0.5) is 0 Å². The smallest absolute Gasteiger partial charge is 0.223 e. The lowest BCUT2D eigenvalue weighted by Gasteiger charge is -2.21. The third kappa shape index (κ3) is 5.08. The molecule has 0 spiro atoms. The minimum Gasteiger partial charge on any atom is -0.354 e. The van der Waals surface area contributed by atoms with Crippen LogP contribution in [0.15, 0.2) is 0 Å². The summed E-state index contributed by atoms with van der Waals surface area (Å²) >= 11 is 5.43. The Hall–Kier alpha value is -0.320. The lowest BCUT2D eigenvalue weighted by molar-refractivity contribution is -0.142. The molecule has 0 heterocycles. The Kier molecular flexibility index (Phi) is 6.94. The number of carbonyl (C=O) groups is 1.